The summed E-state index contributed by atoms with van der Waals surface area (Å²) in [6.07, 6.45) is 3.09. The minimum atomic E-state index is -0.741. The lowest BCUT2D eigenvalue weighted by molar-refractivity contribution is -0.133. The molecule has 1 aliphatic rings. The van der Waals surface area contributed by atoms with Gasteiger partial charge in [0.2, 0.25) is 5.95 Å². The van der Waals surface area contributed by atoms with Crippen LogP contribution in [0.3, 0.4) is 0 Å². The van der Waals surface area contributed by atoms with Gasteiger partial charge < -0.3 is 4.74 Å². The number of nitrogens with one attached hydrogen (secondary N) is 1. The molecule has 1 atom stereocenters. The molecule has 2 rings (SSSR count). The van der Waals surface area contributed by atoms with Crippen molar-refractivity contribution in [3.63, 3.8) is 0 Å². The summed E-state index contributed by atoms with van der Waals surface area (Å²) in [5, 5.41) is 6.94. The number of amides is 1. The van der Waals surface area contributed by atoms with E-state index in [-0.39, 0.29) is 11.4 Å². The van der Waals surface area contributed by atoms with E-state index in [1.54, 1.807) is 4.68 Å². The van der Waals surface area contributed by atoms with Crippen molar-refractivity contribution in [3.8, 4) is 0 Å². The molecule has 1 fully saturated rings. The van der Waals surface area contributed by atoms with Gasteiger partial charge in [-0.3, -0.25) is 10.1 Å². The second-order valence-electron chi connectivity index (χ2n) is 5.80. The highest BCUT2D eigenvalue weighted by Gasteiger charge is 2.38. The molecule has 0 aromatic carbocycles. The normalized spacial score (nSPS) is 24.2. The second kappa shape index (κ2) is 4.35. The molecule has 0 saturated carbocycles. The molecular formula is C12H20N4O2. The van der Waals surface area contributed by atoms with Crippen molar-refractivity contribution in [1.82, 2.24) is 14.8 Å². The fourth-order valence-electron chi connectivity index (χ4n) is 2.01. The average molecular weight is 252 g/mol. The molecule has 2 heterocycles. The van der Waals surface area contributed by atoms with Crippen LogP contribution in [0.2, 0.25) is 0 Å². The Morgan fingerprint density at radius 3 is 2.83 bits per heavy atom. The Morgan fingerprint density at radius 1 is 1.56 bits per heavy atom. The first kappa shape index (κ1) is 13.0. The molecule has 0 aliphatic carbocycles. The SMILES string of the molecule is CC1(C(=O)Nc2ncnn2C(C)(C)C)CCCO1. The van der Waals surface area contributed by atoms with Gasteiger partial charge in [-0.15, -0.1) is 0 Å². The summed E-state index contributed by atoms with van der Waals surface area (Å²) >= 11 is 0. The van der Waals surface area contributed by atoms with E-state index in [9.17, 15) is 4.79 Å². The zero-order valence-corrected chi connectivity index (χ0v) is 11.4. The van der Waals surface area contributed by atoms with Crippen LogP contribution in [0.25, 0.3) is 0 Å². The van der Waals surface area contributed by atoms with Gasteiger partial charge in [-0.25, -0.2) is 4.68 Å². The summed E-state index contributed by atoms with van der Waals surface area (Å²) in [6.45, 7) is 8.46. The number of hydrogen-bond donors (Lipinski definition) is 1. The third kappa shape index (κ3) is 2.38. The first-order chi connectivity index (χ1) is 8.33. The topological polar surface area (TPSA) is 69.0 Å². The Bertz CT molecular complexity index is 441. The van der Waals surface area contributed by atoms with Gasteiger partial charge in [-0.1, -0.05) is 0 Å². The quantitative estimate of drug-likeness (QED) is 0.866. The molecule has 0 radical (unpaired) electrons. The Labute approximate surface area is 107 Å². The summed E-state index contributed by atoms with van der Waals surface area (Å²) in [6, 6.07) is 0. The van der Waals surface area contributed by atoms with Crippen molar-refractivity contribution in [2.45, 2.75) is 51.7 Å². The van der Waals surface area contributed by atoms with Crippen LogP contribution in [0.5, 0.6) is 0 Å². The molecule has 6 heteroatoms. The maximum atomic E-state index is 12.2. The molecule has 6 nitrogen and oxygen atoms in total. The van der Waals surface area contributed by atoms with Crippen molar-refractivity contribution in [3.05, 3.63) is 6.33 Å². The van der Waals surface area contributed by atoms with E-state index in [0.29, 0.717) is 12.6 Å². The molecular weight excluding hydrogens is 232 g/mol. The average Bonchev–Trinajstić information content (AvgIpc) is 2.86. The first-order valence-electron chi connectivity index (χ1n) is 6.19. The molecule has 1 aromatic heterocycles. The van der Waals surface area contributed by atoms with E-state index in [1.807, 2.05) is 27.7 Å². The summed E-state index contributed by atoms with van der Waals surface area (Å²) in [5.74, 6) is 0.308. The van der Waals surface area contributed by atoms with Gasteiger partial charge in [0, 0.05) is 6.61 Å². The van der Waals surface area contributed by atoms with E-state index in [2.05, 4.69) is 15.4 Å². The smallest absolute Gasteiger partial charge is 0.258 e. The fourth-order valence-corrected chi connectivity index (χ4v) is 2.01. The van der Waals surface area contributed by atoms with Gasteiger partial charge in [0.1, 0.15) is 11.9 Å². The summed E-state index contributed by atoms with van der Waals surface area (Å²) < 4.78 is 7.20. The maximum Gasteiger partial charge on any atom is 0.258 e. The predicted octanol–water partition coefficient (Wildman–Crippen LogP) is 1.54. The van der Waals surface area contributed by atoms with Gasteiger partial charge >= 0.3 is 0 Å². The minimum Gasteiger partial charge on any atom is -0.365 e. The van der Waals surface area contributed by atoms with E-state index in [0.717, 1.165) is 12.8 Å². The van der Waals surface area contributed by atoms with Gasteiger partial charge in [0.05, 0.1) is 5.54 Å². The largest absolute Gasteiger partial charge is 0.365 e. The standard InChI is InChI=1S/C12H20N4O2/c1-11(2,3)16-10(13-8-14-16)15-9(17)12(4)6-5-7-18-12/h8H,5-7H2,1-4H3,(H,13,14,15,17). The molecule has 1 amide bonds. The van der Waals surface area contributed by atoms with E-state index in [1.165, 1.54) is 6.33 Å². The molecule has 1 aliphatic heterocycles. The van der Waals surface area contributed by atoms with Gasteiger partial charge in [-0.2, -0.15) is 10.1 Å². The first-order valence-corrected chi connectivity index (χ1v) is 6.19. The second-order valence-corrected chi connectivity index (χ2v) is 5.80. The fraction of sp³-hybridized carbons (Fsp3) is 0.750. The van der Waals surface area contributed by atoms with Crippen LogP contribution in [0.1, 0.15) is 40.5 Å². The molecule has 1 saturated heterocycles. The van der Waals surface area contributed by atoms with Crippen LogP contribution in [0.15, 0.2) is 6.33 Å². The lowest BCUT2D eigenvalue weighted by Crippen LogP contribution is -2.40. The third-order valence-corrected chi connectivity index (χ3v) is 3.11. The molecule has 0 bridgehead atoms. The molecule has 100 valence electrons. The highest BCUT2D eigenvalue weighted by Crippen LogP contribution is 2.27. The Kier molecular flexibility index (Phi) is 3.14. The van der Waals surface area contributed by atoms with Gasteiger partial charge in [0.25, 0.3) is 5.91 Å². The lowest BCUT2D eigenvalue weighted by Gasteiger charge is -2.24. The van der Waals surface area contributed by atoms with E-state index in [4.69, 9.17) is 4.74 Å². The highest BCUT2D eigenvalue weighted by atomic mass is 16.5. The molecule has 1 N–H and O–H groups in total. The van der Waals surface area contributed by atoms with Crippen molar-refractivity contribution in [1.29, 1.82) is 0 Å². The summed E-state index contributed by atoms with van der Waals surface area (Å²) in [7, 11) is 0. The number of aromatic nitrogens is 3. The van der Waals surface area contributed by atoms with Gasteiger partial charge in [-0.05, 0) is 40.5 Å². The van der Waals surface area contributed by atoms with Crippen molar-refractivity contribution < 1.29 is 9.53 Å². The van der Waals surface area contributed by atoms with Crippen molar-refractivity contribution in [2.75, 3.05) is 11.9 Å². The summed E-state index contributed by atoms with van der Waals surface area (Å²) in [4.78, 5) is 16.3. The molecule has 1 unspecified atom stereocenters. The number of rotatable bonds is 2. The van der Waals surface area contributed by atoms with Crippen LogP contribution < -0.4 is 5.32 Å². The van der Waals surface area contributed by atoms with Gasteiger partial charge in [0.15, 0.2) is 0 Å². The number of carbonyl (C=O) groups excluding carboxylic acids is 1. The van der Waals surface area contributed by atoms with Crippen LogP contribution in [0.4, 0.5) is 5.95 Å². The molecule has 1 aromatic rings. The van der Waals surface area contributed by atoms with E-state index >= 15 is 0 Å². The Morgan fingerprint density at radius 2 is 2.28 bits per heavy atom. The van der Waals surface area contributed by atoms with Crippen molar-refractivity contribution >= 4 is 11.9 Å². The molecule has 0 spiro atoms. The monoisotopic (exact) mass is 252 g/mol. The van der Waals surface area contributed by atoms with Crippen LogP contribution in [-0.4, -0.2) is 32.9 Å². The predicted molar refractivity (Wildman–Crippen MR) is 67.2 cm³/mol. The third-order valence-electron chi connectivity index (χ3n) is 3.11. The number of hydrogen-bond acceptors (Lipinski definition) is 4. The lowest BCUT2D eigenvalue weighted by atomic mass is 10.0. The maximum absolute atomic E-state index is 12.2. The minimum absolute atomic E-state index is 0.154. The zero-order chi connectivity index (χ0) is 13.4. The van der Waals surface area contributed by atoms with E-state index < -0.39 is 5.60 Å². The number of nitrogens with zero attached hydrogens (tertiary/aromatic N) is 3. The summed E-state index contributed by atoms with van der Waals surface area (Å²) in [5.41, 5.74) is -0.967. The van der Waals surface area contributed by atoms with Crippen LogP contribution in [0, 0.1) is 0 Å². The van der Waals surface area contributed by atoms with Crippen molar-refractivity contribution in [2.24, 2.45) is 0 Å². The number of carbonyl (C=O) groups is 1. The number of ether oxygens (including phenoxy) is 1. The van der Waals surface area contributed by atoms with Crippen LogP contribution in [-0.2, 0) is 15.1 Å². The molecule has 18 heavy (non-hydrogen) atoms. The number of anilines is 1. The zero-order valence-electron chi connectivity index (χ0n) is 11.4. The Hall–Kier alpha value is -1.43. The highest BCUT2D eigenvalue weighted by molar-refractivity contribution is 5.95. The van der Waals surface area contributed by atoms with Crippen LogP contribution >= 0.6 is 0 Å². The Balaban J connectivity index is 2.15.